The SMILES string of the molecule is C[C@@H](O)[C@H]1C(=O)N2C(C(=O)OCOC(=O)C(C)(C)C)=C([C@H]3CCCO3)S[C@H]12. The molecule has 27 heavy (non-hydrogen) atoms. The predicted octanol–water partition coefficient (Wildman–Crippen LogP) is 1.38. The summed E-state index contributed by atoms with van der Waals surface area (Å²) in [7, 11) is 0. The molecule has 1 N–H and O–H groups in total. The molecule has 3 heterocycles. The average Bonchev–Trinajstić information content (AvgIpc) is 3.18. The van der Waals surface area contributed by atoms with Crippen LogP contribution in [0.2, 0.25) is 0 Å². The second kappa shape index (κ2) is 7.44. The number of hydrogen-bond acceptors (Lipinski definition) is 8. The molecule has 3 aliphatic rings. The minimum atomic E-state index is -0.805. The van der Waals surface area contributed by atoms with Crippen molar-refractivity contribution in [2.24, 2.45) is 11.3 Å². The van der Waals surface area contributed by atoms with Crippen LogP contribution in [0.1, 0.15) is 40.5 Å². The first-order valence-electron chi connectivity index (χ1n) is 9.01. The van der Waals surface area contributed by atoms with Crippen LogP contribution < -0.4 is 0 Å². The summed E-state index contributed by atoms with van der Waals surface area (Å²) in [6.45, 7) is 6.73. The van der Waals surface area contributed by atoms with Crippen LogP contribution in [0.25, 0.3) is 0 Å². The predicted molar refractivity (Wildman–Crippen MR) is 95.9 cm³/mol. The van der Waals surface area contributed by atoms with E-state index in [2.05, 4.69) is 0 Å². The Balaban J connectivity index is 1.73. The topological polar surface area (TPSA) is 102 Å². The number of ether oxygens (including phenoxy) is 3. The van der Waals surface area contributed by atoms with E-state index >= 15 is 0 Å². The quantitative estimate of drug-likeness (QED) is 0.420. The fourth-order valence-corrected chi connectivity index (χ4v) is 4.93. The lowest BCUT2D eigenvalue weighted by molar-refractivity contribution is -0.174. The average molecular weight is 399 g/mol. The zero-order chi connectivity index (χ0) is 19.9. The van der Waals surface area contributed by atoms with E-state index in [1.54, 1.807) is 27.7 Å². The molecule has 0 aromatic carbocycles. The molecule has 3 aliphatic heterocycles. The first-order valence-corrected chi connectivity index (χ1v) is 9.89. The number of aliphatic hydroxyl groups excluding tert-OH is 1. The maximum atomic E-state index is 12.7. The van der Waals surface area contributed by atoms with Crippen molar-refractivity contribution in [2.45, 2.75) is 58.1 Å². The molecular weight excluding hydrogens is 374 g/mol. The molecule has 4 atom stereocenters. The van der Waals surface area contributed by atoms with Crippen LogP contribution >= 0.6 is 11.8 Å². The highest BCUT2D eigenvalue weighted by Crippen LogP contribution is 2.52. The maximum absolute atomic E-state index is 12.7. The number of amides is 1. The Hall–Kier alpha value is -1.58. The standard InChI is InChI=1S/C18H25NO7S/c1-9(20)11-14(21)19-12(13(27-15(11)19)10-6-5-7-24-10)16(22)25-8-26-17(23)18(2,3)4/h9-11,15,20H,5-8H2,1-4H3/t9-,10-,11+,15-/m1/s1. The number of rotatable bonds is 5. The highest BCUT2D eigenvalue weighted by molar-refractivity contribution is 8.04. The second-order valence-corrected chi connectivity index (χ2v) is 9.09. The number of β-lactam (4-membered cyclic amide) rings is 1. The third-order valence-electron chi connectivity index (χ3n) is 4.73. The van der Waals surface area contributed by atoms with E-state index in [1.165, 1.54) is 16.7 Å². The van der Waals surface area contributed by atoms with E-state index in [4.69, 9.17) is 14.2 Å². The number of hydrogen-bond donors (Lipinski definition) is 1. The number of fused-ring (bicyclic) bond motifs is 1. The van der Waals surface area contributed by atoms with Gasteiger partial charge in [0.25, 0.3) is 0 Å². The zero-order valence-electron chi connectivity index (χ0n) is 15.9. The first kappa shape index (κ1) is 20.2. The van der Waals surface area contributed by atoms with Gasteiger partial charge in [0.05, 0.1) is 23.5 Å². The summed E-state index contributed by atoms with van der Waals surface area (Å²) < 4.78 is 15.8. The third-order valence-corrected chi connectivity index (χ3v) is 6.19. The summed E-state index contributed by atoms with van der Waals surface area (Å²) in [6, 6.07) is 0. The van der Waals surface area contributed by atoms with Crippen LogP contribution in [0.4, 0.5) is 0 Å². The Bertz CT molecular complexity index is 676. The van der Waals surface area contributed by atoms with Gasteiger partial charge < -0.3 is 19.3 Å². The fraction of sp³-hybridized carbons (Fsp3) is 0.722. The second-order valence-electron chi connectivity index (χ2n) is 7.93. The van der Waals surface area contributed by atoms with Crippen molar-refractivity contribution in [1.82, 2.24) is 4.90 Å². The molecule has 150 valence electrons. The molecule has 0 bridgehead atoms. The summed E-state index contributed by atoms with van der Waals surface area (Å²) in [5, 5.41) is 9.52. The van der Waals surface area contributed by atoms with Crippen LogP contribution in [0.15, 0.2) is 10.6 Å². The monoisotopic (exact) mass is 399 g/mol. The molecule has 0 aromatic rings. The molecule has 2 fully saturated rings. The minimum Gasteiger partial charge on any atom is -0.427 e. The van der Waals surface area contributed by atoms with E-state index in [9.17, 15) is 19.5 Å². The number of nitrogens with zero attached hydrogens (tertiary/aromatic N) is 1. The molecular formula is C18H25NO7S. The molecule has 2 saturated heterocycles. The van der Waals surface area contributed by atoms with Gasteiger partial charge in [0, 0.05) is 11.5 Å². The minimum absolute atomic E-state index is 0.144. The molecule has 3 rings (SSSR count). The number of carbonyl (C=O) groups excluding carboxylic acids is 3. The Morgan fingerprint density at radius 1 is 1.37 bits per heavy atom. The molecule has 0 unspecified atom stereocenters. The molecule has 8 nitrogen and oxygen atoms in total. The van der Waals surface area contributed by atoms with E-state index in [0.717, 1.165) is 12.8 Å². The summed E-state index contributed by atoms with van der Waals surface area (Å²) in [5.41, 5.74) is -0.564. The van der Waals surface area contributed by atoms with Gasteiger partial charge in [-0.15, -0.1) is 0 Å². The van der Waals surface area contributed by atoms with Gasteiger partial charge in [0.15, 0.2) is 0 Å². The van der Waals surface area contributed by atoms with Crippen LogP contribution in [0.5, 0.6) is 0 Å². The molecule has 0 aromatic heterocycles. The van der Waals surface area contributed by atoms with E-state index in [0.29, 0.717) is 11.5 Å². The van der Waals surface area contributed by atoms with Crippen molar-refractivity contribution >= 4 is 29.6 Å². The number of carbonyl (C=O) groups is 3. The zero-order valence-corrected chi connectivity index (χ0v) is 16.7. The Labute approximate surface area is 162 Å². The van der Waals surface area contributed by atoms with Crippen LogP contribution in [0, 0.1) is 11.3 Å². The normalized spacial score (nSPS) is 28.7. The van der Waals surface area contributed by atoms with E-state index in [-0.39, 0.29) is 23.1 Å². The Morgan fingerprint density at radius 2 is 2.07 bits per heavy atom. The highest BCUT2D eigenvalue weighted by atomic mass is 32.2. The van der Waals surface area contributed by atoms with Gasteiger partial charge in [-0.3, -0.25) is 14.5 Å². The molecule has 0 spiro atoms. The largest absolute Gasteiger partial charge is 0.427 e. The van der Waals surface area contributed by atoms with Crippen molar-refractivity contribution in [3.63, 3.8) is 0 Å². The van der Waals surface area contributed by atoms with E-state index < -0.39 is 36.2 Å². The lowest BCUT2D eigenvalue weighted by Gasteiger charge is -2.43. The number of esters is 2. The lowest BCUT2D eigenvalue weighted by Crippen LogP contribution is -2.60. The molecule has 1 amide bonds. The van der Waals surface area contributed by atoms with Crippen LogP contribution in [0.3, 0.4) is 0 Å². The van der Waals surface area contributed by atoms with E-state index in [1.807, 2.05) is 0 Å². The van der Waals surface area contributed by atoms with Gasteiger partial charge in [-0.2, -0.15) is 0 Å². The van der Waals surface area contributed by atoms with Gasteiger partial charge in [-0.05, 0) is 40.5 Å². The van der Waals surface area contributed by atoms with Gasteiger partial charge >= 0.3 is 11.9 Å². The van der Waals surface area contributed by atoms with Crippen molar-refractivity contribution in [3.8, 4) is 0 Å². The number of thioether (sulfide) groups is 1. The Kier molecular flexibility index (Phi) is 5.56. The van der Waals surface area contributed by atoms with Crippen molar-refractivity contribution in [2.75, 3.05) is 13.4 Å². The maximum Gasteiger partial charge on any atom is 0.358 e. The van der Waals surface area contributed by atoms with Crippen molar-refractivity contribution < 1.29 is 33.7 Å². The smallest absolute Gasteiger partial charge is 0.358 e. The van der Waals surface area contributed by atoms with Crippen molar-refractivity contribution in [1.29, 1.82) is 0 Å². The summed E-state index contributed by atoms with van der Waals surface area (Å²) in [5.74, 6) is -2.09. The van der Waals surface area contributed by atoms with Crippen LogP contribution in [-0.2, 0) is 28.6 Å². The van der Waals surface area contributed by atoms with Crippen LogP contribution in [-0.4, -0.2) is 58.8 Å². The van der Waals surface area contributed by atoms with Crippen molar-refractivity contribution in [3.05, 3.63) is 10.6 Å². The van der Waals surface area contributed by atoms with Gasteiger partial charge in [0.2, 0.25) is 12.7 Å². The molecule has 9 heteroatoms. The molecule has 0 radical (unpaired) electrons. The summed E-state index contributed by atoms with van der Waals surface area (Å²) in [6.07, 6.45) is 0.563. The van der Waals surface area contributed by atoms with Gasteiger partial charge in [-0.1, -0.05) is 11.8 Å². The summed E-state index contributed by atoms with van der Waals surface area (Å²) >= 11 is 1.37. The molecule has 0 saturated carbocycles. The fourth-order valence-electron chi connectivity index (χ4n) is 3.23. The molecule has 0 aliphatic carbocycles. The Morgan fingerprint density at radius 3 is 2.63 bits per heavy atom. The highest BCUT2D eigenvalue weighted by Gasteiger charge is 2.58. The van der Waals surface area contributed by atoms with Gasteiger partial charge in [0.1, 0.15) is 11.1 Å². The lowest BCUT2D eigenvalue weighted by atomic mass is 9.92. The summed E-state index contributed by atoms with van der Waals surface area (Å²) in [4.78, 5) is 38.9. The third kappa shape index (κ3) is 3.72. The number of aliphatic hydroxyl groups is 1. The first-order chi connectivity index (χ1) is 12.6. The van der Waals surface area contributed by atoms with Gasteiger partial charge in [-0.25, -0.2) is 4.79 Å².